The number of primary amides is 2. The smallest absolute Gasteiger partial charge is 0.326 e. The zero-order chi connectivity index (χ0) is 30.9. The Morgan fingerprint density at radius 1 is 0.732 bits per heavy atom. The molecule has 16 nitrogen and oxygen atoms in total. The number of aliphatic imine (C=N–C) groups is 1. The van der Waals surface area contributed by atoms with Gasteiger partial charge in [-0.1, -0.05) is 30.3 Å². The molecule has 0 saturated heterocycles. The van der Waals surface area contributed by atoms with Gasteiger partial charge in [0.05, 0.1) is 6.04 Å². The molecule has 4 unspecified atom stereocenters. The predicted molar refractivity (Wildman–Crippen MR) is 148 cm³/mol. The topological polar surface area (TPSA) is 301 Å². The van der Waals surface area contributed by atoms with Gasteiger partial charge >= 0.3 is 5.97 Å². The molecule has 226 valence electrons. The standard InChI is InChI=1S/C25H39N9O7/c26-15(7-4-12-31-25(29)30)21(37)32-16(8-10-19(27)35)22(38)33-17(9-11-20(28)36)23(39)34-18(24(40)41)13-14-5-2-1-3-6-14/h1-3,5-6,15-18H,4,7-13,26H2,(H2,27,35)(H2,28,36)(H,32,37)(H,33,38)(H,34,39)(H,40,41)(H4,29,30,31). The fourth-order valence-corrected chi connectivity index (χ4v) is 3.63. The minimum absolute atomic E-state index is 0.0449. The van der Waals surface area contributed by atoms with Gasteiger partial charge in [-0.2, -0.15) is 0 Å². The minimum atomic E-state index is -1.39. The molecule has 4 atom stereocenters. The minimum Gasteiger partial charge on any atom is -0.480 e. The first-order chi connectivity index (χ1) is 19.3. The van der Waals surface area contributed by atoms with Crippen molar-refractivity contribution in [2.45, 2.75) is 69.1 Å². The first-order valence-electron chi connectivity index (χ1n) is 12.9. The average molecular weight is 578 g/mol. The number of nitrogens with zero attached hydrogens (tertiary/aromatic N) is 1. The Balaban J connectivity index is 3.01. The molecular formula is C25H39N9O7. The molecule has 41 heavy (non-hydrogen) atoms. The normalized spacial score (nSPS) is 13.5. The summed E-state index contributed by atoms with van der Waals surface area (Å²) in [5, 5.41) is 16.8. The van der Waals surface area contributed by atoms with Crippen LogP contribution in [0.3, 0.4) is 0 Å². The van der Waals surface area contributed by atoms with Crippen molar-refractivity contribution in [2.24, 2.45) is 33.7 Å². The van der Waals surface area contributed by atoms with Gasteiger partial charge in [-0.05, 0) is 31.2 Å². The number of nitrogens with two attached hydrogens (primary N) is 5. The van der Waals surface area contributed by atoms with Crippen LogP contribution in [0.4, 0.5) is 0 Å². The lowest BCUT2D eigenvalue weighted by Gasteiger charge is -2.25. The number of carboxylic acids is 1. The zero-order valence-electron chi connectivity index (χ0n) is 22.6. The van der Waals surface area contributed by atoms with Crippen LogP contribution in [0.15, 0.2) is 35.3 Å². The van der Waals surface area contributed by atoms with Crippen molar-refractivity contribution < 1.29 is 33.9 Å². The van der Waals surface area contributed by atoms with Crippen LogP contribution in [-0.2, 0) is 35.2 Å². The van der Waals surface area contributed by atoms with Gasteiger partial charge in [-0.25, -0.2) is 4.79 Å². The van der Waals surface area contributed by atoms with Crippen LogP contribution in [0.5, 0.6) is 0 Å². The molecule has 0 aliphatic rings. The van der Waals surface area contributed by atoms with Gasteiger partial charge < -0.3 is 49.7 Å². The molecule has 1 aromatic rings. The van der Waals surface area contributed by atoms with Gasteiger partial charge in [-0.15, -0.1) is 0 Å². The number of carbonyl (C=O) groups excluding carboxylic acids is 5. The second-order valence-electron chi connectivity index (χ2n) is 9.28. The monoisotopic (exact) mass is 577 g/mol. The number of guanidine groups is 1. The van der Waals surface area contributed by atoms with Crippen molar-refractivity contribution in [1.82, 2.24) is 16.0 Å². The number of benzene rings is 1. The summed E-state index contributed by atoms with van der Waals surface area (Å²) in [6.45, 7) is 0.229. The van der Waals surface area contributed by atoms with Crippen molar-refractivity contribution in [3.63, 3.8) is 0 Å². The maximum absolute atomic E-state index is 13.1. The summed E-state index contributed by atoms with van der Waals surface area (Å²) in [7, 11) is 0. The van der Waals surface area contributed by atoms with E-state index in [9.17, 15) is 33.9 Å². The third-order valence-electron chi connectivity index (χ3n) is 5.83. The number of rotatable bonds is 19. The Hall–Kier alpha value is -4.73. The van der Waals surface area contributed by atoms with E-state index in [1.165, 1.54) is 0 Å². The molecule has 5 amide bonds. The fourth-order valence-electron chi connectivity index (χ4n) is 3.63. The van der Waals surface area contributed by atoms with Gasteiger partial charge in [-0.3, -0.25) is 29.0 Å². The van der Waals surface area contributed by atoms with E-state index in [-0.39, 0.29) is 51.0 Å². The third-order valence-corrected chi connectivity index (χ3v) is 5.83. The molecule has 0 saturated carbocycles. The van der Waals surface area contributed by atoms with Crippen LogP contribution < -0.4 is 44.6 Å². The second-order valence-corrected chi connectivity index (χ2v) is 9.28. The highest BCUT2D eigenvalue weighted by Gasteiger charge is 2.30. The SMILES string of the molecule is NC(=O)CCC(NC(=O)C(N)CCCN=C(N)N)C(=O)NC(CCC(N)=O)C(=O)NC(Cc1ccccc1)C(=O)O. The first-order valence-corrected chi connectivity index (χ1v) is 12.9. The first kappa shape index (κ1) is 34.3. The summed E-state index contributed by atoms with van der Waals surface area (Å²) in [5.74, 6) is -5.43. The molecule has 0 spiro atoms. The highest BCUT2D eigenvalue weighted by atomic mass is 16.4. The van der Waals surface area contributed by atoms with Crippen LogP contribution in [0.25, 0.3) is 0 Å². The molecule has 0 aliphatic carbocycles. The zero-order valence-corrected chi connectivity index (χ0v) is 22.6. The number of aliphatic carboxylic acids is 1. The van der Waals surface area contributed by atoms with E-state index < -0.39 is 59.7 Å². The highest BCUT2D eigenvalue weighted by molar-refractivity contribution is 5.94. The summed E-state index contributed by atoms with van der Waals surface area (Å²) in [5.41, 5.74) is 27.5. The van der Waals surface area contributed by atoms with E-state index in [2.05, 4.69) is 20.9 Å². The lowest BCUT2D eigenvalue weighted by Crippen LogP contribution is -2.57. The van der Waals surface area contributed by atoms with Gasteiger partial charge in [0.25, 0.3) is 0 Å². The van der Waals surface area contributed by atoms with E-state index >= 15 is 0 Å². The van der Waals surface area contributed by atoms with Gasteiger partial charge in [0.1, 0.15) is 18.1 Å². The fraction of sp³-hybridized carbons (Fsp3) is 0.480. The Morgan fingerprint density at radius 2 is 1.22 bits per heavy atom. The van der Waals surface area contributed by atoms with Crippen LogP contribution in [0.2, 0.25) is 0 Å². The van der Waals surface area contributed by atoms with E-state index in [0.717, 1.165) is 0 Å². The van der Waals surface area contributed by atoms with Crippen molar-refractivity contribution in [2.75, 3.05) is 6.54 Å². The summed E-state index contributed by atoms with van der Waals surface area (Å²) in [4.78, 5) is 77.2. The largest absolute Gasteiger partial charge is 0.480 e. The third kappa shape index (κ3) is 14.3. The Bertz CT molecular complexity index is 1090. The summed E-state index contributed by atoms with van der Waals surface area (Å²) in [6, 6.07) is 3.43. The summed E-state index contributed by atoms with van der Waals surface area (Å²) in [6.07, 6.45) is -0.573. The molecule has 16 heteroatoms. The van der Waals surface area contributed by atoms with Crippen molar-refractivity contribution in [3.8, 4) is 0 Å². The van der Waals surface area contributed by atoms with Crippen molar-refractivity contribution in [3.05, 3.63) is 35.9 Å². The number of hydrogen-bond donors (Lipinski definition) is 9. The average Bonchev–Trinajstić information content (AvgIpc) is 2.90. The molecule has 1 rings (SSSR count). The second kappa shape index (κ2) is 17.8. The van der Waals surface area contributed by atoms with E-state index in [1.807, 2.05) is 0 Å². The number of hydrogen-bond acceptors (Lipinski definition) is 8. The highest BCUT2D eigenvalue weighted by Crippen LogP contribution is 2.07. The molecule has 0 aromatic heterocycles. The molecule has 0 bridgehead atoms. The summed E-state index contributed by atoms with van der Waals surface area (Å²) >= 11 is 0. The van der Waals surface area contributed by atoms with E-state index in [0.29, 0.717) is 12.0 Å². The van der Waals surface area contributed by atoms with Crippen LogP contribution in [-0.4, -0.2) is 77.3 Å². The molecule has 0 aliphatic heterocycles. The summed E-state index contributed by atoms with van der Waals surface area (Å²) < 4.78 is 0. The lowest BCUT2D eigenvalue weighted by atomic mass is 10.0. The maximum Gasteiger partial charge on any atom is 0.326 e. The van der Waals surface area contributed by atoms with Crippen LogP contribution in [0, 0.1) is 0 Å². The molecule has 0 heterocycles. The Morgan fingerprint density at radius 3 is 1.68 bits per heavy atom. The maximum atomic E-state index is 13.1. The Labute approximate surface area is 236 Å². The lowest BCUT2D eigenvalue weighted by molar-refractivity contribution is -0.142. The van der Waals surface area contributed by atoms with Crippen LogP contribution >= 0.6 is 0 Å². The van der Waals surface area contributed by atoms with Crippen molar-refractivity contribution >= 4 is 41.5 Å². The number of nitrogens with one attached hydrogen (secondary N) is 3. The number of carboxylic acid groups (broad SMARTS) is 1. The molecule has 1 aromatic carbocycles. The molecular weight excluding hydrogens is 538 g/mol. The molecule has 0 radical (unpaired) electrons. The van der Waals surface area contributed by atoms with Gasteiger partial charge in [0.15, 0.2) is 5.96 Å². The van der Waals surface area contributed by atoms with Gasteiger partial charge in [0.2, 0.25) is 29.5 Å². The van der Waals surface area contributed by atoms with Crippen molar-refractivity contribution in [1.29, 1.82) is 0 Å². The van der Waals surface area contributed by atoms with Crippen LogP contribution in [0.1, 0.15) is 44.1 Å². The number of amides is 5. The van der Waals surface area contributed by atoms with E-state index in [1.54, 1.807) is 30.3 Å². The predicted octanol–water partition coefficient (Wildman–Crippen LogP) is -3.32. The number of carbonyl (C=O) groups is 6. The Kier molecular flexibility index (Phi) is 14.9. The molecule has 0 fully saturated rings. The molecule has 14 N–H and O–H groups in total. The van der Waals surface area contributed by atoms with E-state index in [4.69, 9.17) is 28.7 Å². The quantitative estimate of drug-likeness (QED) is 0.0447. The van der Waals surface area contributed by atoms with Gasteiger partial charge in [0, 0.05) is 25.8 Å².